The van der Waals surface area contributed by atoms with Crippen LogP contribution in [0.15, 0.2) is 28.7 Å². The number of benzene rings is 1. The summed E-state index contributed by atoms with van der Waals surface area (Å²) in [5, 5.41) is 0. The van der Waals surface area contributed by atoms with E-state index in [-0.39, 0.29) is 0 Å². The molecular weight excluding hydrogens is 274 g/mol. The Kier molecular flexibility index (Phi) is 5.83. The van der Waals surface area contributed by atoms with Crippen LogP contribution in [0.5, 0.6) is 0 Å². The highest BCUT2D eigenvalue weighted by atomic mass is 79.9. The number of rotatable bonds is 6. The van der Waals surface area contributed by atoms with Gasteiger partial charge >= 0.3 is 0 Å². The SMILES string of the molecule is NC(=S)CCCOCc1cccc(Br)c1. The maximum atomic E-state index is 5.49. The second kappa shape index (κ2) is 6.93. The normalized spacial score (nSPS) is 10.2. The summed E-state index contributed by atoms with van der Waals surface area (Å²) in [5.74, 6) is 0. The molecule has 4 heteroatoms. The molecule has 0 unspecified atom stereocenters. The summed E-state index contributed by atoms with van der Waals surface area (Å²) in [6, 6.07) is 8.08. The van der Waals surface area contributed by atoms with E-state index in [2.05, 4.69) is 15.9 Å². The molecule has 0 radical (unpaired) electrons. The molecule has 0 amide bonds. The summed E-state index contributed by atoms with van der Waals surface area (Å²) in [6.07, 6.45) is 1.65. The maximum absolute atomic E-state index is 5.49. The van der Waals surface area contributed by atoms with Gasteiger partial charge in [-0.3, -0.25) is 0 Å². The fourth-order valence-electron chi connectivity index (χ4n) is 1.17. The summed E-state index contributed by atoms with van der Waals surface area (Å²) in [6.45, 7) is 1.33. The zero-order valence-electron chi connectivity index (χ0n) is 8.41. The number of thiocarbonyl (C=S) groups is 1. The zero-order chi connectivity index (χ0) is 11.1. The van der Waals surface area contributed by atoms with Crippen LogP contribution in [-0.4, -0.2) is 11.6 Å². The molecule has 15 heavy (non-hydrogen) atoms. The van der Waals surface area contributed by atoms with Crippen LogP contribution in [0, 0.1) is 0 Å². The Morgan fingerprint density at radius 2 is 2.27 bits per heavy atom. The van der Waals surface area contributed by atoms with Crippen molar-refractivity contribution in [1.82, 2.24) is 0 Å². The van der Waals surface area contributed by atoms with Gasteiger partial charge < -0.3 is 10.5 Å². The minimum Gasteiger partial charge on any atom is -0.393 e. The summed E-state index contributed by atoms with van der Waals surface area (Å²) >= 11 is 8.19. The Bertz CT molecular complexity index is 330. The molecule has 0 atom stereocenters. The molecule has 0 spiro atoms. The van der Waals surface area contributed by atoms with Crippen LogP contribution in [0.3, 0.4) is 0 Å². The Balaban J connectivity index is 2.17. The van der Waals surface area contributed by atoms with Gasteiger partial charge in [0.05, 0.1) is 11.6 Å². The molecule has 0 aliphatic rings. The van der Waals surface area contributed by atoms with Crippen LogP contribution < -0.4 is 5.73 Å². The summed E-state index contributed by atoms with van der Waals surface area (Å²) in [7, 11) is 0. The Hall–Kier alpha value is -0.450. The van der Waals surface area contributed by atoms with Crippen LogP contribution in [0.2, 0.25) is 0 Å². The molecule has 82 valence electrons. The predicted molar refractivity (Wildman–Crippen MR) is 69.8 cm³/mol. The van der Waals surface area contributed by atoms with Gasteiger partial charge in [-0.15, -0.1) is 0 Å². The van der Waals surface area contributed by atoms with Crippen LogP contribution in [0.25, 0.3) is 0 Å². The van der Waals surface area contributed by atoms with Crippen molar-refractivity contribution in [2.24, 2.45) is 5.73 Å². The predicted octanol–water partition coefficient (Wildman–Crippen LogP) is 3.03. The zero-order valence-corrected chi connectivity index (χ0v) is 10.8. The van der Waals surface area contributed by atoms with Crippen molar-refractivity contribution in [3.8, 4) is 0 Å². The van der Waals surface area contributed by atoms with E-state index < -0.39 is 0 Å². The lowest BCUT2D eigenvalue weighted by Crippen LogP contribution is -2.08. The molecular formula is C11H14BrNOS. The van der Waals surface area contributed by atoms with Gasteiger partial charge in [-0.1, -0.05) is 40.3 Å². The average Bonchev–Trinajstić information content (AvgIpc) is 2.17. The third kappa shape index (κ3) is 5.87. The molecule has 0 aliphatic carbocycles. The average molecular weight is 288 g/mol. The van der Waals surface area contributed by atoms with Crippen molar-refractivity contribution in [2.45, 2.75) is 19.4 Å². The number of halogens is 1. The third-order valence-electron chi connectivity index (χ3n) is 1.87. The standard InChI is InChI=1S/C11H14BrNOS/c12-10-4-1-3-9(7-10)8-14-6-2-5-11(13)15/h1,3-4,7H,2,5-6,8H2,(H2,13,15). The van der Waals surface area contributed by atoms with Crippen LogP contribution in [-0.2, 0) is 11.3 Å². The van der Waals surface area contributed by atoms with E-state index in [9.17, 15) is 0 Å². The van der Waals surface area contributed by atoms with E-state index in [1.807, 2.05) is 24.3 Å². The van der Waals surface area contributed by atoms with E-state index in [1.54, 1.807) is 0 Å². The van der Waals surface area contributed by atoms with Gasteiger partial charge in [-0.2, -0.15) is 0 Å². The van der Waals surface area contributed by atoms with Gasteiger partial charge in [0.1, 0.15) is 0 Å². The third-order valence-corrected chi connectivity index (χ3v) is 2.57. The molecule has 2 nitrogen and oxygen atoms in total. The highest BCUT2D eigenvalue weighted by molar-refractivity contribution is 9.10. The van der Waals surface area contributed by atoms with Crippen molar-refractivity contribution in [2.75, 3.05) is 6.61 Å². The van der Waals surface area contributed by atoms with Gasteiger partial charge in [0.25, 0.3) is 0 Å². The molecule has 0 saturated carbocycles. The van der Waals surface area contributed by atoms with E-state index in [1.165, 1.54) is 5.56 Å². The van der Waals surface area contributed by atoms with Crippen molar-refractivity contribution in [3.05, 3.63) is 34.3 Å². The smallest absolute Gasteiger partial charge is 0.0728 e. The lowest BCUT2D eigenvalue weighted by Gasteiger charge is -2.04. The van der Waals surface area contributed by atoms with Crippen molar-refractivity contribution < 1.29 is 4.74 Å². The van der Waals surface area contributed by atoms with Gasteiger partial charge in [0.2, 0.25) is 0 Å². The largest absolute Gasteiger partial charge is 0.393 e. The monoisotopic (exact) mass is 287 g/mol. The highest BCUT2D eigenvalue weighted by Gasteiger charge is 1.95. The molecule has 1 rings (SSSR count). The van der Waals surface area contributed by atoms with Crippen LogP contribution >= 0.6 is 28.1 Å². The van der Waals surface area contributed by atoms with E-state index in [4.69, 9.17) is 22.7 Å². The molecule has 1 aromatic rings. The second-order valence-electron chi connectivity index (χ2n) is 3.25. The first-order valence-electron chi connectivity index (χ1n) is 4.79. The van der Waals surface area contributed by atoms with Crippen LogP contribution in [0.1, 0.15) is 18.4 Å². The van der Waals surface area contributed by atoms with Gasteiger partial charge in [-0.05, 0) is 30.5 Å². The first kappa shape index (κ1) is 12.6. The minimum absolute atomic E-state index is 0.557. The molecule has 0 aromatic heterocycles. The molecule has 0 heterocycles. The molecule has 0 fully saturated rings. The van der Waals surface area contributed by atoms with Gasteiger partial charge in [-0.25, -0.2) is 0 Å². The fraction of sp³-hybridized carbons (Fsp3) is 0.364. The first-order valence-corrected chi connectivity index (χ1v) is 5.99. The molecule has 1 aromatic carbocycles. The van der Waals surface area contributed by atoms with Crippen LogP contribution in [0.4, 0.5) is 0 Å². The lowest BCUT2D eigenvalue weighted by molar-refractivity contribution is 0.120. The second-order valence-corrected chi connectivity index (χ2v) is 4.69. The van der Waals surface area contributed by atoms with E-state index in [0.29, 0.717) is 18.2 Å². The Morgan fingerprint density at radius 1 is 1.47 bits per heavy atom. The van der Waals surface area contributed by atoms with Crippen molar-refractivity contribution in [3.63, 3.8) is 0 Å². The minimum atomic E-state index is 0.557. The fourth-order valence-corrected chi connectivity index (χ4v) is 1.76. The highest BCUT2D eigenvalue weighted by Crippen LogP contribution is 2.12. The van der Waals surface area contributed by atoms with Gasteiger partial charge in [0, 0.05) is 11.1 Å². The molecule has 0 saturated heterocycles. The number of hydrogen-bond donors (Lipinski definition) is 1. The maximum Gasteiger partial charge on any atom is 0.0728 e. The van der Waals surface area contributed by atoms with E-state index >= 15 is 0 Å². The number of ether oxygens (including phenoxy) is 1. The summed E-state index contributed by atoms with van der Waals surface area (Å²) < 4.78 is 6.56. The molecule has 2 N–H and O–H groups in total. The number of nitrogens with two attached hydrogens (primary N) is 1. The number of hydrogen-bond acceptors (Lipinski definition) is 2. The van der Waals surface area contributed by atoms with E-state index in [0.717, 1.165) is 17.3 Å². The lowest BCUT2D eigenvalue weighted by atomic mass is 10.2. The summed E-state index contributed by atoms with van der Waals surface area (Å²) in [4.78, 5) is 0.557. The Morgan fingerprint density at radius 3 is 2.93 bits per heavy atom. The summed E-state index contributed by atoms with van der Waals surface area (Å²) in [5.41, 5.74) is 6.54. The quantitative estimate of drug-likeness (QED) is 0.645. The Labute approximate surface area is 104 Å². The van der Waals surface area contributed by atoms with Crippen molar-refractivity contribution in [1.29, 1.82) is 0 Å². The first-order chi connectivity index (χ1) is 7.18. The molecule has 0 bridgehead atoms. The van der Waals surface area contributed by atoms with Crippen molar-refractivity contribution >= 4 is 33.1 Å². The van der Waals surface area contributed by atoms with Gasteiger partial charge in [0.15, 0.2) is 0 Å². The topological polar surface area (TPSA) is 35.2 Å². The molecule has 0 aliphatic heterocycles.